The van der Waals surface area contributed by atoms with Crippen molar-refractivity contribution in [1.82, 2.24) is 29.3 Å². The number of pyridine rings is 1. The van der Waals surface area contributed by atoms with Gasteiger partial charge in [0.25, 0.3) is 0 Å². The summed E-state index contributed by atoms with van der Waals surface area (Å²) in [5.41, 5.74) is 9.16. The van der Waals surface area contributed by atoms with Crippen LogP contribution in [0.1, 0.15) is 5.69 Å². The molecule has 7 nitrogen and oxygen atoms in total. The van der Waals surface area contributed by atoms with Gasteiger partial charge < -0.3 is 15.1 Å². The number of aromatic nitrogens is 6. The molecular formula is C13H11N7S. The van der Waals surface area contributed by atoms with E-state index in [4.69, 9.17) is 5.73 Å². The maximum Gasteiger partial charge on any atom is 0.181 e. The Kier molecular flexibility index (Phi) is 2.83. The van der Waals surface area contributed by atoms with Crippen LogP contribution in [-0.4, -0.2) is 29.3 Å². The number of hydrogen-bond acceptors (Lipinski definition) is 6. The quantitative estimate of drug-likeness (QED) is 0.557. The molecule has 0 spiro atoms. The summed E-state index contributed by atoms with van der Waals surface area (Å²) in [5, 5.41) is 1.63. The highest BCUT2D eigenvalue weighted by Crippen LogP contribution is 2.31. The van der Waals surface area contributed by atoms with Gasteiger partial charge >= 0.3 is 0 Å². The Morgan fingerprint density at radius 3 is 3.05 bits per heavy atom. The molecule has 104 valence electrons. The molecule has 3 N–H and O–H groups in total. The second-order valence-corrected chi connectivity index (χ2v) is 5.36. The lowest BCUT2D eigenvalue weighted by atomic mass is 10.4. The summed E-state index contributed by atoms with van der Waals surface area (Å²) >= 11 is 1.46. The Morgan fingerprint density at radius 2 is 2.14 bits per heavy atom. The van der Waals surface area contributed by atoms with E-state index in [2.05, 4.69) is 24.9 Å². The van der Waals surface area contributed by atoms with Gasteiger partial charge in [0.1, 0.15) is 27.5 Å². The van der Waals surface area contributed by atoms with Crippen LogP contribution in [0.25, 0.3) is 16.8 Å². The van der Waals surface area contributed by atoms with E-state index in [-0.39, 0.29) is 0 Å². The second-order valence-electron chi connectivity index (χ2n) is 4.38. The number of aromatic amines is 1. The summed E-state index contributed by atoms with van der Waals surface area (Å²) in [5.74, 6) is 0. The summed E-state index contributed by atoms with van der Waals surface area (Å²) in [6.45, 7) is 0.407. The molecule has 0 aromatic carbocycles. The Morgan fingerprint density at radius 1 is 1.19 bits per heavy atom. The van der Waals surface area contributed by atoms with Gasteiger partial charge in [0.05, 0.1) is 12.0 Å². The van der Waals surface area contributed by atoms with Gasteiger partial charge in [-0.15, -0.1) is 0 Å². The zero-order valence-corrected chi connectivity index (χ0v) is 11.7. The van der Waals surface area contributed by atoms with Crippen LogP contribution in [0.2, 0.25) is 0 Å². The van der Waals surface area contributed by atoms with Crippen LogP contribution in [-0.2, 0) is 6.54 Å². The molecule has 0 aliphatic heterocycles. The van der Waals surface area contributed by atoms with Crippen molar-refractivity contribution in [1.29, 1.82) is 0 Å². The Balaban J connectivity index is 1.85. The van der Waals surface area contributed by atoms with Crippen molar-refractivity contribution < 1.29 is 0 Å². The third-order valence-electron chi connectivity index (χ3n) is 3.17. The molecular weight excluding hydrogens is 286 g/mol. The van der Waals surface area contributed by atoms with Crippen molar-refractivity contribution in [3.05, 3.63) is 42.7 Å². The minimum Gasteiger partial charge on any atom is -0.341 e. The molecule has 8 heteroatoms. The van der Waals surface area contributed by atoms with Crippen molar-refractivity contribution in [2.75, 3.05) is 0 Å². The minimum absolute atomic E-state index is 0.407. The summed E-state index contributed by atoms with van der Waals surface area (Å²) in [7, 11) is 0. The van der Waals surface area contributed by atoms with Crippen molar-refractivity contribution in [3.8, 4) is 0 Å². The molecule has 0 amide bonds. The average molecular weight is 297 g/mol. The zero-order valence-electron chi connectivity index (χ0n) is 10.9. The number of nitrogens with two attached hydrogens (primary N) is 1. The third kappa shape index (κ3) is 1.96. The van der Waals surface area contributed by atoms with Crippen LogP contribution in [0.4, 0.5) is 0 Å². The van der Waals surface area contributed by atoms with Crippen molar-refractivity contribution in [3.63, 3.8) is 0 Å². The SMILES string of the molecule is NCc1c(Sc2ncnc3nc[nH]c23)nc2ccccn12. The van der Waals surface area contributed by atoms with E-state index in [9.17, 15) is 0 Å². The lowest BCUT2D eigenvalue weighted by molar-refractivity contribution is 0.919. The standard InChI is InChI=1S/C13H11N7S/c14-5-8-12(19-9-3-1-2-4-20(8)9)21-13-10-11(16-6-15-10)17-7-18-13/h1-4,6-7H,5,14H2,(H,15,16,17,18). The smallest absolute Gasteiger partial charge is 0.181 e. The van der Waals surface area contributed by atoms with Crippen molar-refractivity contribution in [2.45, 2.75) is 16.6 Å². The number of H-pyrrole nitrogens is 1. The second kappa shape index (κ2) is 4.83. The summed E-state index contributed by atoms with van der Waals surface area (Å²) in [4.78, 5) is 20.2. The molecule has 0 atom stereocenters. The van der Waals surface area contributed by atoms with Crippen LogP contribution in [0.15, 0.2) is 47.1 Å². The van der Waals surface area contributed by atoms with Crippen LogP contribution in [0.5, 0.6) is 0 Å². The molecule has 0 aliphatic rings. The maximum absolute atomic E-state index is 5.88. The van der Waals surface area contributed by atoms with E-state index in [1.807, 2.05) is 28.8 Å². The monoisotopic (exact) mass is 297 g/mol. The fraction of sp³-hybridized carbons (Fsp3) is 0.0769. The van der Waals surface area contributed by atoms with Gasteiger partial charge in [-0.3, -0.25) is 0 Å². The molecule has 4 heterocycles. The maximum atomic E-state index is 5.88. The van der Waals surface area contributed by atoms with Crippen molar-refractivity contribution in [2.24, 2.45) is 5.73 Å². The lowest BCUT2D eigenvalue weighted by Crippen LogP contribution is -2.02. The molecule has 0 radical (unpaired) electrons. The number of nitrogens with zero attached hydrogens (tertiary/aromatic N) is 5. The molecule has 0 fully saturated rings. The number of hydrogen-bond donors (Lipinski definition) is 2. The molecule has 0 aliphatic carbocycles. The van der Waals surface area contributed by atoms with E-state index in [0.29, 0.717) is 12.2 Å². The molecule has 4 aromatic heterocycles. The first-order valence-corrected chi connectivity index (χ1v) is 7.16. The van der Waals surface area contributed by atoms with E-state index in [1.54, 1.807) is 6.33 Å². The van der Waals surface area contributed by atoms with E-state index >= 15 is 0 Å². The Bertz CT molecular complexity index is 926. The van der Waals surface area contributed by atoms with Crippen LogP contribution >= 0.6 is 11.8 Å². The topological polar surface area (TPSA) is 97.8 Å². The first-order valence-electron chi connectivity index (χ1n) is 6.35. The highest BCUT2D eigenvalue weighted by atomic mass is 32.2. The number of rotatable bonds is 3. The lowest BCUT2D eigenvalue weighted by Gasteiger charge is -2.02. The molecule has 21 heavy (non-hydrogen) atoms. The molecule has 0 unspecified atom stereocenters. The third-order valence-corrected chi connectivity index (χ3v) is 4.19. The van der Waals surface area contributed by atoms with Gasteiger partial charge in [0.2, 0.25) is 0 Å². The number of fused-ring (bicyclic) bond motifs is 2. The Hall–Kier alpha value is -2.45. The average Bonchev–Trinajstić information content (AvgIpc) is 3.11. The zero-order chi connectivity index (χ0) is 14.2. The van der Waals surface area contributed by atoms with E-state index < -0.39 is 0 Å². The van der Waals surface area contributed by atoms with Crippen LogP contribution < -0.4 is 5.73 Å². The highest BCUT2D eigenvalue weighted by Gasteiger charge is 2.15. The summed E-state index contributed by atoms with van der Waals surface area (Å²) < 4.78 is 1.99. The van der Waals surface area contributed by atoms with Crippen LogP contribution in [0, 0.1) is 0 Å². The van der Waals surface area contributed by atoms with Gasteiger partial charge in [0, 0.05) is 12.7 Å². The van der Waals surface area contributed by atoms with E-state index in [1.165, 1.54) is 18.1 Å². The molecule has 0 bridgehead atoms. The first kappa shape index (κ1) is 12.3. The predicted molar refractivity (Wildman–Crippen MR) is 78.9 cm³/mol. The summed E-state index contributed by atoms with van der Waals surface area (Å²) in [6.07, 6.45) is 5.07. The largest absolute Gasteiger partial charge is 0.341 e. The van der Waals surface area contributed by atoms with Crippen LogP contribution in [0.3, 0.4) is 0 Å². The number of nitrogens with one attached hydrogen (secondary N) is 1. The molecule has 4 aromatic rings. The minimum atomic E-state index is 0.407. The van der Waals surface area contributed by atoms with Gasteiger partial charge in [-0.2, -0.15) is 0 Å². The highest BCUT2D eigenvalue weighted by molar-refractivity contribution is 7.99. The first-order chi connectivity index (χ1) is 10.4. The predicted octanol–water partition coefficient (Wildman–Crippen LogP) is 1.61. The van der Waals surface area contributed by atoms with Gasteiger partial charge in [0.15, 0.2) is 5.65 Å². The van der Waals surface area contributed by atoms with Gasteiger partial charge in [-0.05, 0) is 23.9 Å². The molecule has 4 rings (SSSR count). The van der Waals surface area contributed by atoms with Crippen molar-refractivity contribution >= 4 is 28.6 Å². The summed E-state index contributed by atoms with van der Waals surface area (Å²) in [6, 6.07) is 5.86. The Labute approximate surface area is 123 Å². The van der Waals surface area contributed by atoms with E-state index in [0.717, 1.165) is 26.9 Å². The van der Waals surface area contributed by atoms with Gasteiger partial charge in [-0.1, -0.05) is 6.07 Å². The molecule has 0 saturated carbocycles. The normalized spacial score (nSPS) is 11.5. The fourth-order valence-corrected chi connectivity index (χ4v) is 3.18. The fourth-order valence-electron chi connectivity index (χ4n) is 2.20. The number of imidazole rings is 2. The van der Waals surface area contributed by atoms with Gasteiger partial charge in [-0.25, -0.2) is 19.9 Å². The molecule has 0 saturated heterocycles.